The fraction of sp³-hybridized carbons (Fsp3) is 0.296. The molecule has 192 valence electrons. The van der Waals surface area contributed by atoms with Gasteiger partial charge >= 0.3 is 0 Å². The van der Waals surface area contributed by atoms with Crippen LogP contribution in [-0.2, 0) is 14.8 Å². The van der Waals surface area contributed by atoms with Gasteiger partial charge in [0.1, 0.15) is 18.1 Å². The number of rotatable bonds is 6. The Hall–Kier alpha value is -3.63. The zero-order valence-corrected chi connectivity index (χ0v) is 21.4. The molecule has 37 heavy (non-hydrogen) atoms. The number of anilines is 2. The molecule has 1 unspecified atom stereocenters. The van der Waals surface area contributed by atoms with Crippen molar-refractivity contribution < 1.29 is 17.6 Å². The van der Waals surface area contributed by atoms with E-state index in [0.29, 0.717) is 41.8 Å². The van der Waals surface area contributed by atoms with Crippen molar-refractivity contribution in [3.05, 3.63) is 77.0 Å². The maximum Gasteiger partial charge on any atom is 0.213 e. The number of sulfonamides is 1. The summed E-state index contributed by atoms with van der Waals surface area (Å²) in [5.41, 5.74) is 5.37. The molecule has 1 fully saturated rings. The second-order valence-corrected chi connectivity index (χ2v) is 11.4. The number of benzene rings is 1. The summed E-state index contributed by atoms with van der Waals surface area (Å²) in [6, 6.07) is 12.3. The van der Waals surface area contributed by atoms with E-state index >= 15 is 0 Å². The van der Waals surface area contributed by atoms with Gasteiger partial charge < -0.3 is 15.4 Å². The molecule has 3 aromatic rings. The first-order valence-corrected chi connectivity index (χ1v) is 14.0. The van der Waals surface area contributed by atoms with E-state index in [1.165, 1.54) is 16.6 Å². The first-order valence-electron chi connectivity index (χ1n) is 12.1. The molecule has 0 aliphatic carbocycles. The molecule has 2 aliphatic heterocycles. The minimum Gasteiger partial charge on any atom is -0.378 e. The van der Waals surface area contributed by atoms with Crippen LogP contribution in [0.25, 0.3) is 17.3 Å². The van der Waals surface area contributed by atoms with Crippen LogP contribution in [0, 0.1) is 12.9 Å². The van der Waals surface area contributed by atoms with Crippen LogP contribution >= 0.6 is 0 Å². The quantitative estimate of drug-likeness (QED) is 0.368. The van der Waals surface area contributed by atoms with E-state index in [2.05, 4.69) is 15.6 Å². The number of fused-ring (bicyclic) bond motifs is 1. The molecular formula is C27H28FN5O3S. The highest BCUT2D eigenvalue weighted by Gasteiger charge is 2.26. The number of aldehydes is 1. The van der Waals surface area contributed by atoms with Crippen molar-refractivity contribution in [2.75, 3.05) is 24.7 Å². The number of pyridine rings is 2. The number of hydrogen-bond acceptors (Lipinski definition) is 7. The third-order valence-electron chi connectivity index (χ3n) is 6.97. The van der Waals surface area contributed by atoms with E-state index in [-0.39, 0.29) is 0 Å². The Balaban J connectivity index is 1.43. The molecular weight excluding hydrogens is 493 g/mol. The Morgan fingerprint density at radius 2 is 1.84 bits per heavy atom. The average molecular weight is 522 g/mol. The van der Waals surface area contributed by atoms with Gasteiger partial charge in [0.25, 0.3) is 0 Å². The van der Waals surface area contributed by atoms with E-state index in [1.807, 2.05) is 36.4 Å². The zero-order valence-electron chi connectivity index (χ0n) is 20.6. The maximum atomic E-state index is 13.6. The summed E-state index contributed by atoms with van der Waals surface area (Å²) in [6.07, 6.45) is 7.26. The van der Waals surface area contributed by atoms with Crippen molar-refractivity contribution >= 4 is 33.9 Å². The number of nitrogens with one attached hydrogen (secondary N) is 2. The summed E-state index contributed by atoms with van der Waals surface area (Å²) in [5, 5.41) is 6.43. The van der Waals surface area contributed by atoms with Gasteiger partial charge in [-0.15, -0.1) is 0 Å². The van der Waals surface area contributed by atoms with E-state index < -0.39 is 22.0 Å². The molecule has 0 bridgehead atoms. The lowest BCUT2D eigenvalue weighted by Gasteiger charge is -2.30. The minimum atomic E-state index is -3.16. The molecule has 1 atom stereocenters. The van der Waals surface area contributed by atoms with Crippen LogP contribution in [0.4, 0.5) is 15.9 Å². The van der Waals surface area contributed by atoms with Gasteiger partial charge in [-0.3, -0.25) is 0 Å². The molecule has 0 amide bonds. The maximum absolute atomic E-state index is 13.6. The van der Waals surface area contributed by atoms with Crippen LogP contribution in [0.15, 0.2) is 48.7 Å². The van der Waals surface area contributed by atoms with Gasteiger partial charge in [0, 0.05) is 35.6 Å². The first kappa shape index (κ1) is 25.0. The highest BCUT2D eigenvalue weighted by atomic mass is 32.2. The minimum absolute atomic E-state index is 0.295. The van der Waals surface area contributed by atoms with Gasteiger partial charge in [0.15, 0.2) is 0 Å². The number of carbonyl (C=O) groups excluding carboxylic acids is 1. The van der Waals surface area contributed by atoms with Gasteiger partial charge in [-0.1, -0.05) is 12.1 Å². The van der Waals surface area contributed by atoms with Crippen LogP contribution < -0.4 is 10.6 Å². The number of aryl methyl sites for hydroxylation is 1. The lowest BCUT2D eigenvalue weighted by Crippen LogP contribution is -2.37. The average Bonchev–Trinajstić information content (AvgIpc) is 2.88. The van der Waals surface area contributed by atoms with Gasteiger partial charge in [0.2, 0.25) is 16.0 Å². The lowest BCUT2D eigenvalue weighted by molar-refractivity contribution is -0.109. The standard InChI is InChI=1S/C27H28FN5O3S/c1-17-22(7-8-25(28)30-17)23-15-20-9-12-29-24(16-34)26(20)27(32-23)31-21-5-3-18(4-6-21)19-10-13-33(14-11-19)37(2,35)36/h3-9,12,15-16,19,24,29H,10-11,13-14H2,1-2H3,(H,31,32). The summed E-state index contributed by atoms with van der Waals surface area (Å²) in [7, 11) is -3.16. The molecule has 2 N–H and O–H groups in total. The van der Waals surface area contributed by atoms with Gasteiger partial charge in [-0.05, 0) is 79.4 Å². The summed E-state index contributed by atoms with van der Waals surface area (Å²) < 4.78 is 38.7. The zero-order chi connectivity index (χ0) is 26.2. The molecule has 0 radical (unpaired) electrons. The van der Waals surface area contributed by atoms with E-state index in [4.69, 9.17) is 4.98 Å². The molecule has 0 saturated carbocycles. The van der Waals surface area contributed by atoms with Gasteiger partial charge in [0.05, 0.1) is 11.9 Å². The normalized spacial score (nSPS) is 18.2. The van der Waals surface area contributed by atoms with Crippen molar-refractivity contribution in [1.82, 2.24) is 19.6 Å². The van der Waals surface area contributed by atoms with Gasteiger partial charge in [-0.2, -0.15) is 4.39 Å². The fourth-order valence-electron chi connectivity index (χ4n) is 5.00. The van der Waals surface area contributed by atoms with Crippen molar-refractivity contribution in [2.24, 2.45) is 0 Å². The molecule has 2 aliphatic rings. The highest BCUT2D eigenvalue weighted by molar-refractivity contribution is 7.88. The summed E-state index contributed by atoms with van der Waals surface area (Å²) in [5.74, 6) is 0.271. The molecule has 10 heteroatoms. The molecule has 4 heterocycles. The first-order chi connectivity index (χ1) is 17.7. The van der Waals surface area contributed by atoms with E-state index in [0.717, 1.165) is 41.5 Å². The third-order valence-corrected chi connectivity index (χ3v) is 8.28. The largest absolute Gasteiger partial charge is 0.378 e. The van der Waals surface area contributed by atoms with Crippen LogP contribution in [0.2, 0.25) is 0 Å². The number of aromatic nitrogens is 2. The van der Waals surface area contributed by atoms with Gasteiger partial charge in [-0.25, -0.2) is 22.7 Å². The fourth-order valence-corrected chi connectivity index (χ4v) is 5.88. The van der Waals surface area contributed by atoms with Crippen molar-refractivity contribution in [2.45, 2.75) is 31.7 Å². The Kier molecular flexibility index (Phi) is 6.78. The molecule has 0 spiro atoms. The van der Waals surface area contributed by atoms with E-state index in [9.17, 15) is 17.6 Å². The Morgan fingerprint density at radius 3 is 2.49 bits per heavy atom. The number of halogens is 1. The van der Waals surface area contributed by atoms with Crippen LogP contribution in [0.3, 0.4) is 0 Å². The van der Waals surface area contributed by atoms with Crippen molar-refractivity contribution in [1.29, 1.82) is 0 Å². The van der Waals surface area contributed by atoms with Crippen LogP contribution in [0.1, 0.15) is 47.2 Å². The lowest BCUT2D eigenvalue weighted by atomic mass is 9.90. The number of carbonyl (C=O) groups is 1. The topological polar surface area (TPSA) is 104 Å². The summed E-state index contributed by atoms with van der Waals surface area (Å²) >= 11 is 0. The Labute approximate surface area is 215 Å². The number of hydrogen-bond donors (Lipinski definition) is 2. The number of nitrogens with zero attached hydrogens (tertiary/aromatic N) is 3. The predicted octanol–water partition coefficient (Wildman–Crippen LogP) is 4.29. The molecule has 8 nitrogen and oxygen atoms in total. The number of piperidine rings is 1. The smallest absolute Gasteiger partial charge is 0.213 e. The SMILES string of the molecule is Cc1nc(F)ccc1-c1cc2c(c(Nc3ccc(C4CCN(S(C)(=O)=O)CC4)cc3)n1)C(C=O)NC=C2. The molecule has 1 aromatic carbocycles. The van der Waals surface area contributed by atoms with E-state index in [1.54, 1.807) is 19.2 Å². The highest BCUT2D eigenvalue weighted by Crippen LogP contribution is 2.35. The van der Waals surface area contributed by atoms with Crippen LogP contribution in [-0.4, -0.2) is 48.3 Å². The second kappa shape index (κ2) is 10.0. The van der Waals surface area contributed by atoms with Crippen LogP contribution in [0.5, 0.6) is 0 Å². The third kappa shape index (κ3) is 5.26. The summed E-state index contributed by atoms with van der Waals surface area (Å²) in [6.45, 7) is 2.78. The van der Waals surface area contributed by atoms with Crippen molar-refractivity contribution in [3.8, 4) is 11.3 Å². The Bertz CT molecular complexity index is 1470. The predicted molar refractivity (Wildman–Crippen MR) is 141 cm³/mol. The Morgan fingerprint density at radius 1 is 1.11 bits per heavy atom. The monoisotopic (exact) mass is 521 g/mol. The molecule has 2 aromatic heterocycles. The second-order valence-electron chi connectivity index (χ2n) is 9.42. The molecule has 5 rings (SSSR count). The summed E-state index contributed by atoms with van der Waals surface area (Å²) in [4.78, 5) is 20.6. The van der Waals surface area contributed by atoms with Crippen molar-refractivity contribution in [3.63, 3.8) is 0 Å². The molecule has 1 saturated heterocycles.